The van der Waals surface area contributed by atoms with E-state index in [9.17, 15) is 9.59 Å². The van der Waals surface area contributed by atoms with Gasteiger partial charge in [0.2, 0.25) is 0 Å². The third-order valence-electron chi connectivity index (χ3n) is 7.75. The van der Waals surface area contributed by atoms with Crippen LogP contribution in [0.1, 0.15) is 64.4 Å². The Bertz CT molecular complexity index is 923. The van der Waals surface area contributed by atoms with E-state index in [4.69, 9.17) is 18.5 Å². The number of amides is 1. The van der Waals surface area contributed by atoms with Gasteiger partial charge >= 0.3 is 13.1 Å². The van der Waals surface area contributed by atoms with Crippen molar-refractivity contribution in [1.29, 1.82) is 0 Å². The molecule has 0 bridgehead atoms. The molecule has 0 aliphatic carbocycles. The van der Waals surface area contributed by atoms with Gasteiger partial charge in [0, 0.05) is 12.1 Å². The molecule has 182 valence electrons. The highest BCUT2D eigenvalue weighted by atomic mass is 28.4. The van der Waals surface area contributed by atoms with Crippen molar-refractivity contribution >= 4 is 32.8 Å². The lowest BCUT2D eigenvalue weighted by molar-refractivity contribution is -0.147. The maximum Gasteiger partial charge on any atom is 0.494 e. The van der Waals surface area contributed by atoms with Gasteiger partial charge in [-0.2, -0.15) is 0 Å². The molecule has 0 spiro atoms. The second-order valence-electron chi connectivity index (χ2n) is 11.5. The Morgan fingerprint density at radius 1 is 1.18 bits per heavy atom. The third kappa shape index (κ3) is 4.78. The van der Waals surface area contributed by atoms with Crippen LogP contribution >= 0.6 is 0 Å². The molecule has 2 aliphatic heterocycles. The Hall–Kier alpha value is -1.68. The maximum atomic E-state index is 13.4. The van der Waals surface area contributed by atoms with E-state index < -0.39 is 38.6 Å². The average molecular weight is 475 g/mol. The fraction of sp³-hybridized carbons (Fsp3) is 0.667. The van der Waals surface area contributed by atoms with Crippen molar-refractivity contribution in [2.45, 2.75) is 90.4 Å². The molecule has 1 amide bonds. The molecule has 2 aliphatic rings. The molecule has 1 aromatic carbocycles. The first-order valence-electron chi connectivity index (χ1n) is 11.5. The van der Waals surface area contributed by atoms with Crippen LogP contribution in [0.4, 0.5) is 0 Å². The Labute approximate surface area is 199 Å². The van der Waals surface area contributed by atoms with E-state index in [1.54, 1.807) is 4.90 Å². The molecule has 3 rings (SSSR count). The minimum Gasteiger partial charge on any atom is -0.467 e. The van der Waals surface area contributed by atoms with Gasteiger partial charge in [-0.15, -0.1) is 0 Å². The fourth-order valence-corrected chi connectivity index (χ4v) is 4.65. The second-order valence-corrected chi connectivity index (χ2v) is 16.4. The third-order valence-corrected chi connectivity index (χ3v) is 12.2. The number of rotatable bonds is 6. The van der Waals surface area contributed by atoms with E-state index in [2.05, 4.69) is 33.9 Å². The molecule has 1 saturated heterocycles. The summed E-state index contributed by atoms with van der Waals surface area (Å²) >= 11 is 0. The number of esters is 1. The number of ether oxygens (including phenoxy) is 1. The minimum absolute atomic E-state index is 0.0105. The molecule has 1 atom stereocenters. The number of carbonyl (C=O) groups is 2. The SMILES string of the molecule is COC(=O)C(CO[Si](C)(C)C(C)(C)C)N1Cc2ccc(B3OC(C)(C)C(C)(C)O3)cc2C1=O. The lowest BCUT2D eigenvalue weighted by Crippen LogP contribution is -2.49. The molecule has 33 heavy (non-hydrogen) atoms. The van der Waals surface area contributed by atoms with Crippen molar-refractivity contribution in [3.8, 4) is 0 Å². The molecule has 7 nitrogen and oxygen atoms in total. The van der Waals surface area contributed by atoms with Crippen LogP contribution in [0.15, 0.2) is 18.2 Å². The van der Waals surface area contributed by atoms with Crippen LogP contribution in [0.2, 0.25) is 18.1 Å². The monoisotopic (exact) mass is 475 g/mol. The summed E-state index contributed by atoms with van der Waals surface area (Å²) in [5.41, 5.74) is 1.27. The van der Waals surface area contributed by atoms with E-state index in [1.807, 2.05) is 45.9 Å². The highest BCUT2D eigenvalue weighted by Gasteiger charge is 2.52. The molecule has 0 N–H and O–H groups in total. The number of methoxy groups -OCH3 is 1. The number of hydrogen-bond acceptors (Lipinski definition) is 6. The number of hydrogen-bond donors (Lipinski definition) is 0. The molecule has 1 fully saturated rings. The number of nitrogens with zero attached hydrogens (tertiary/aromatic N) is 1. The van der Waals surface area contributed by atoms with E-state index in [-0.39, 0.29) is 17.6 Å². The zero-order valence-electron chi connectivity index (χ0n) is 21.7. The number of carbonyl (C=O) groups excluding carboxylic acids is 2. The molecular weight excluding hydrogens is 437 g/mol. The Balaban J connectivity index is 1.83. The van der Waals surface area contributed by atoms with Gasteiger partial charge in [-0.25, -0.2) is 4.79 Å². The van der Waals surface area contributed by atoms with E-state index in [0.29, 0.717) is 12.1 Å². The Morgan fingerprint density at radius 2 is 1.76 bits per heavy atom. The van der Waals surface area contributed by atoms with Crippen LogP contribution in [0, 0.1) is 0 Å². The molecule has 2 heterocycles. The summed E-state index contributed by atoms with van der Waals surface area (Å²) in [6, 6.07) is 4.86. The Morgan fingerprint density at radius 3 is 2.27 bits per heavy atom. The zero-order valence-corrected chi connectivity index (χ0v) is 22.7. The summed E-state index contributed by atoms with van der Waals surface area (Å²) in [5.74, 6) is -0.682. The predicted octanol–water partition coefficient (Wildman–Crippen LogP) is 3.51. The predicted molar refractivity (Wildman–Crippen MR) is 131 cm³/mol. The number of fused-ring (bicyclic) bond motifs is 1. The molecule has 0 saturated carbocycles. The van der Waals surface area contributed by atoms with Gasteiger partial charge in [-0.05, 0) is 62.9 Å². The second kappa shape index (κ2) is 8.52. The van der Waals surface area contributed by atoms with Crippen molar-refractivity contribution in [1.82, 2.24) is 4.90 Å². The molecule has 0 aromatic heterocycles. The average Bonchev–Trinajstić information content (AvgIpc) is 3.13. The van der Waals surface area contributed by atoms with Crippen molar-refractivity contribution in [2.75, 3.05) is 13.7 Å². The molecular formula is C24H38BNO6Si. The highest BCUT2D eigenvalue weighted by Crippen LogP contribution is 2.38. The van der Waals surface area contributed by atoms with Crippen LogP contribution in [0.3, 0.4) is 0 Å². The first-order valence-corrected chi connectivity index (χ1v) is 14.4. The lowest BCUT2D eigenvalue weighted by Gasteiger charge is -2.38. The summed E-state index contributed by atoms with van der Waals surface area (Å²) in [5, 5.41) is -0.0105. The van der Waals surface area contributed by atoms with E-state index in [0.717, 1.165) is 11.0 Å². The van der Waals surface area contributed by atoms with Crippen LogP contribution in [0.5, 0.6) is 0 Å². The van der Waals surface area contributed by atoms with Gasteiger partial charge in [0.15, 0.2) is 14.4 Å². The van der Waals surface area contributed by atoms with Crippen LogP contribution in [0.25, 0.3) is 0 Å². The highest BCUT2D eigenvalue weighted by molar-refractivity contribution is 6.74. The molecule has 1 aromatic rings. The fourth-order valence-electron chi connectivity index (χ4n) is 3.64. The first kappa shape index (κ1) is 25.9. The summed E-state index contributed by atoms with van der Waals surface area (Å²) < 4.78 is 23.6. The van der Waals surface area contributed by atoms with Gasteiger partial charge in [0.05, 0.1) is 24.9 Å². The Kier molecular flexibility index (Phi) is 6.69. The van der Waals surface area contributed by atoms with Gasteiger partial charge in [0.1, 0.15) is 0 Å². The van der Waals surface area contributed by atoms with Crippen molar-refractivity contribution in [3.63, 3.8) is 0 Å². The summed E-state index contributed by atoms with van der Waals surface area (Å²) in [6.45, 7) is 19.1. The van der Waals surface area contributed by atoms with Crippen LogP contribution < -0.4 is 5.46 Å². The summed E-state index contributed by atoms with van der Waals surface area (Å²) in [4.78, 5) is 27.6. The molecule has 9 heteroatoms. The standard InChI is InChI=1S/C24H38BNO6Si/c1-22(2,3)33(9,10)30-15-19(21(28)29-8)26-14-16-11-12-17(13-18(16)20(26)27)25-31-23(4,5)24(6,7)32-25/h11-13,19H,14-15H2,1-10H3. The van der Waals surface area contributed by atoms with E-state index >= 15 is 0 Å². The van der Waals surface area contributed by atoms with E-state index in [1.165, 1.54) is 7.11 Å². The largest absolute Gasteiger partial charge is 0.494 e. The first-order chi connectivity index (χ1) is 15.0. The lowest BCUT2D eigenvalue weighted by atomic mass is 9.78. The zero-order chi connectivity index (χ0) is 25.0. The number of benzene rings is 1. The summed E-state index contributed by atoms with van der Waals surface area (Å²) in [6.07, 6.45) is 0. The minimum atomic E-state index is -2.11. The quantitative estimate of drug-likeness (QED) is 0.463. The van der Waals surface area contributed by atoms with Gasteiger partial charge in [-0.3, -0.25) is 4.79 Å². The van der Waals surface area contributed by atoms with Crippen molar-refractivity contribution in [3.05, 3.63) is 29.3 Å². The van der Waals surface area contributed by atoms with Crippen LogP contribution in [-0.4, -0.2) is 63.2 Å². The molecule has 1 unspecified atom stereocenters. The van der Waals surface area contributed by atoms with Crippen LogP contribution in [-0.2, 0) is 29.8 Å². The topological polar surface area (TPSA) is 74.3 Å². The summed E-state index contributed by atoms with van der Waals surface area (Å²) in [7, 11) is -1.33. The maximum absolute atomic E-state index is 13.4. The van der Waals surface area contributed by atoms with Gasteiger partial charge in [0.25, 0.3) is 5.91 Å². The molecule has 0 radical (unpaired) electrons. The smallest absolute Gasteiger partial charge is 0.467 e. The van der Waals surface area contributed by atoms with Crippen molar-refractivity contribution in [2.24, 2.45) is 0 Å². The van der Waals surface area contributed by atoms with Gasteiger partial charge < -0.3 is 23.4 Å². The van der Waals surface area contributed by atoms with Gasteiger partial charge in [-0.1, -0.05) is 32.9 Å². The van der Waals surface area contributed by atoms with Crippen molar-refractivity contribution < 1.29 is 28.1 Å². The normalized spacial score (nSPS) is 20.7.